The Balaban J connectivity index is 1.86. The highest BCUT2D eigenvalue weighted by molar-refractivity contribution is 9.10. The number of methoxy groups -OCH3 is 1. The summed E-state index contributed by atoms with van der Waals surface area (Å²) < 4.78 is 18.8. The largest absolute Gasteiger partial charge is 0.481 e. The fraction of sp³-hybridized carbons (Fsp3) is 0.214. The highest BCUT2D eigenvalue weighted by Gasteiger charge is 2.01. The lowest BCUT2D eigenvalue weighted by Gasteiger charge is -2.06. The summed E-state index contributed by atoms with van der Waals surface area (Å²) in [5.74, 6) is 0.351. The third-order valence-electron chi connectivity index (χ3n) is 2.65. The molecule has 0 unspecified atom stereocenters. The normalized spacial score (nSPS) is 10.5. The molecular weight excluding hydrogens is 311 g/mol. The van der Waals surface area contributed by atoms with Gasteiger partial charge in [-0.05, 0) is 39.2 Å². The summed E-state index contributed by atoms with van der Waals surface area (Å²) >= 11 is 3.13. The molecule has 3 nitrogen and oxygen atoms in total. The molecule has 2 rings (SSSR count). The predicted octanol–water partition coefficient (Wildman–Crippen LogP) is 3.28. The molecule has 19 heavy (non-hydrogen) atoms. The van der Waals surface area contributed by atoms with Crippen LogP contribution >= 0.6 is 15.9 Å². The summed E-state index contributed by atoms with van der Waals surface area (Å²) in [5, 5.41) is 3.24. The number of nitrogens with zero attached hydrogens (tertiary/aromatic N) is 1. The van der Waals surface area contributed by atoms with E-state index >= 15 is 0 Å². The van der Waals surface area contributed by atoms with Gasteiger partial charge in [0.25, 0.3) is 0 Å². The Bertz CT molecular complexity index is 546. The lowest BCUT2D eigenvalue weighted by Crippen LogP contribution is -2.13. The van der Waals surface area contributed by atoms with E-state index in [9.17, 15) is 4.39 Å². The number of benzene rings is 1. The van der Waals surface area contributed by atoms with Crippen LogP contribution in [0.15, 0.2) is 41.0 Å². The van der Waals surface area contributed by atoms with Gasteiger partial charge in [-0.15, -0.1) is 0 Å². The maximum Gasteiger partial charge on any atom is 0.212 e. The van der Waals surface area contributed by atoms with E-state index in [2.05, 4.69) is 26.2 Å². The number of ether oxygens (including phenoxy) is 1. The Morgan fingerprint density at radius 3 is 2.58 bits per heavy atom. The Labute approximate surface area is 119 Å². The van der Waals surface area contributed by atoms with Crippen molar-refractivity contribution in [3.63, 3.8) is 0 Å². The second kappa shape index (κ2) is 6.63. The molecule has 1 aromatic heterocycles. The monoisotopic (exact) mass is 324 g/mol. The van der Waals surface area contributed by atoms with Gasteiger partial charge in [0, 0.05) is 25.4 Å². The standard InChI is InChI=1S/C14H14BrFN2O/c1-19-14-5-3-11(9-18-14)8-17-7-10-2-4-12(15)13(16)6-10/h2-6,9,17H,7-8H2,1H3. The van der Waals surface area contributed by atoms with Gasteiger partial charge in [0.05, 0.1) is 11.6 Å². The Hall–Kier alpha value is -1.46. The van der Waals surface area contributed by atoms with Gasteiger partial charge in [0.15, 0.2) is 0 Å². The minimum absolute atomic E-state index is 0.245. The van der Waals surface area contributed by atoms with Crippen molar-refractivity contribution >= 4 is 15.9 Å². The zero-order chi connectivity index (χ0) is 13.7. The lowest BCUT2D eigenvalue weighted by molar-refractivity contribution is 0.397. The van der Waals surface area contributed by atoms with E-state index in [-0.39, 0.29) is 5.82 Å². The first-order valence-corrected chi connectivity index (χ1v) is 6.62. The van der Waals surface area contributed by atoms with Crippen molar-refractivity contribution in [2.75, 3.05) is 7.11 Å². The van der Waals surface area contributed by atoms with Gasteiger partial charge in [0.1, 0.15) is 5.82 Å². The van der Waals surface area contributed by atoms with Crippen LogP contribution in [0.3, 0.4) is 0 Å². The number of pyridine rings is 1. The van der Waals surface area contributed by atoms with Gasteiger partial charge < -0.3 is 10.1 Å². The summed E-state index contributed by atoms with van der Waals surface area (Å²) in [4.78, 5) is 4.12. The van der Waals surface area contributed by atoms with Crippen molar-refractivity contribution in [2.24, 2.45) is 0 Å². The molecule has 0 saturated heterocycles. The molecule has 2 aromatic rings. The van der Waals surface area contributed by atoms with E-state index in [0.717, 1.165) is 11.1 Å². The highest BCUT2D eigenvalue weighted by Crippen LogP contribution is 2.16. The minimum Gasteiger partial charge on any atom is -0.481 e. The topological polar surface area (TPSA) is 34.1 Å². The molecule has 1 aromatic carbocycles. The molecule has 0 aliphatic heterocycles. The van der Waals surface area contributed by atoms with Gasteiger partial charge in [-0.2, -0.15) is 0 Å². The number of hydrogen-bond acceptors (Lipinski definition) is 3. The molecule has 100 valence electrons. The molecule has 0 atom stereocenters. The number of nitrogens with one attached hydrogen (secondary N) is 1. The fourth-order valence-corrected chi connectivity index (χ4v) is 1.88. The molecule has 0 spiro atoms. The molecular formula is C14H14BrFN2O. The Kier molecular flexibility index (Phi) is 4.87. The number of hydrogen-bond donors (Lipinski definition) is 1. The van der Waals surface area contributed by atoms with E-state index < -0.39 is 0 Å². The second-order valence-corrected chi connectivity index (χ2v) is 4.92. The summed E-state index contributed by atoms with van der Waals surface area (Å²) in [7, 11) is 1.59. The van der Waals surface area contributed by atoms with Crippen LogP contribution in [0, 0.1) is 5.82 Å². The van der Waals surface area contributed by atoms with E-state index in [0.29, 0.717) is 23.4 Å². The third-order valence-corrected chi connectivity index (χ3v) is 3.29. The molecule has 0 aliphatic rings. The molecule has 0 saturated carbocycles. The van der Waals surface area contributed by atoms with Crippen molar-refractivity contribution in [3.8, 4) is 5.88 Å². The molecule has 0 bridgehead atoms. The highest BCUT2D eigenvalue weighted by atomic mass is 79.9. The number of aromatic nitrogens is 1. The third kappa shape index (κ3) is 4.01. The molecule has 0 amide bonds. The maximum atomic E-state index is 13.3. The zero-order valence-electron chi connectivity index (χ0n) is 10.5. The summed E-state index contributed by atoms with van der Waals surface area (Å²) in [6.45, 7) is 1.28. The Morgan fingerprint density at radius 2 is 1.95 bits per heavy atom. The minimum atomic E-state index is -0.245. The molecule has 1 N–H and O–H groups in total. The van der Waals surface area contributed by atoms with E-state index in [4.69, 9.17) is 4.74 Å². The van der Waals surface area contributed by atoms with Crippen LogP contribution < -0.4 is 10.1 Å². The van der Waals surface area contributed by atoms with Crippen LogP contribution in [0.4, 0.5) is 4.39 Å². The first kappa shape index (κ1) is 14.0. The van der Waals surface area contributed by atoms with Crippen molar-refractivity contribution in [1.82, 2.24) is 10.3 Å². The SMILES string of the molecule is COc1ccc(CNCc2ccc(Br)c(F)c2)cn1. The van der Waals surface area contributed by atoms with E-state index in [1.165, 1.54) is 6.07 Å². The van der Waals surface area contributed by atoms with Crippen LogP contribution in [0.2, 0.25) is 0 Å². The molecule has 0 radical (unpaired) electrons. The quantitative estimate of drug-likeness (QED) is 0.916. The van der Waals surface area contributed by atoms with Crippen LogP contribution in [0.25, 0.3) is 0 Å². The van der Waals surface area contributed by atoms with Gasteiger partial charge in [-0.1, -0.05) is 12.1 Å². The smallest absolute Gasteiger partial charge is 0.212 e. The van der Waals surface area contributed by atoms with Gasteiger partial charge in [-0.25, -0.2) is 9.37 Å². The summed E-state index contributed by atoms with van der Waals surface area (Å²) in [5.41, 5.74) is 1.96. The molecule has 0 fully saturated rings. The predicted molar refractivity (Wildman–Crippen MR) is 75.4 cm³/mol. The lowest BCUT2D eigenvalue weighted by atomic mass is 10.2. The Morgan fingerprint density at radius 1 is 1.21 bits per heavy atom. The maximum absolute atomic E-state index is 13.3. The van der Waals surface area contributed by atoms with Crippen LogP contribution in [0.5, 0.6) is 5.88 Å². The molecule has 5 heteroatoms. The first-order valence-electron chi connectivity index (χ1n) is 5.82. The van der Waals surface area contributed by atoms with Crippen molar-refractivity contribution in [1.29, 1.82) is 0 Å². The van der Waals surface area contributed by atoms with Crippen LogP contribution in [0.1, 0.15) is 11.1 Å². The van der Waals surface area contributed by atoms with Gasteiger partial charge >= 0.3 is 0 Å². The average molecular weight is 325 g/mol. The molecule has 0 aliphatic carbocycles. The average Bonchev–Trinajstić information content (AvgIpc) is 2.43. The fourth-order valence-electron chi connectivity index (χ4n) is 1.64. The van der Waals surface area contributed by atoms with Crippen LogP contribution in [-0.2, 0) is 13.1 Å². The van der Waals surface area contributed by atoms with Crippen molar-refractivity contribution < 1.29 is 9.13 Å². The van der Waals surface area contributed by atoms with Crippen molar-refractivity contribution in [2.45, 2.75) is 13.1 Å². The zero-order valence-corrected chi connectivity index (χ0v) is 12.1. The summed E-state index contributed by atoms with van der Waals surface area (Å²) in [6.07, 6.45) is 1.76. The van der Waals surface area contributed by atoms with Gasteiger partial charge in [0.2, 0.25) is 5.88 Å². The summed E-state index contributed by atoms with van der Waals surface area (Å²) in [6, 6.07) is 8.87. The van der Waals surface area contributed by atoms with Gasteiger partial charge in [-0.3, -0.25) is 0 Å². The first-order chi connectivity index (χ1) is 9.19. The number of rotatable bonds is 5. The second-order valence-electron chi connectivity index (χ2n) is 4.06. The molecule has 1 heterocycles. The number of halogens is 2. The van der Waals surface area contributed by atoms with E-state index in [1.807, 2.05) is 18.2 Å². The van der Waals surface area contributed by atoms with Crippen LogP contribution in [-0.4, -0.2) is 12.1 Å². The van der Waals surface area contributed by atoms with E-state index in [1.54, 1.807) is 19.4 Å². The van der Waals surface area contributed by atoms with Crippen molar-refractivity contribution in [3.05, 3.63) is 57.9 Å².